The van der Waals surface area contributed by atoms with Crippen LogP contribution in [0.3, 0.4) is 0 Å². The molecular weight excluding hydrogens is 238 g/mol. The van der Waals surface area contributed by atoms with Crippen molar-refractivity contribution < 1.29 is 9.84 Å². The summed E-state index contributed by atoms with van der Waals surface area (Å²) in [6.07, 6.45) is 3.93. The largest absolute Gasteiger partial charge is 0.495 e. The van der Waals surface area contributed by atoms with Gasteiger partial charge in [0, 0.05) is 11.6 Å². The van der Waals surface area contributed by atoms with E-state index < -0.39 is 5.60 Å². The van der Waals surface area contributed by atoms with Gasteiger partial charge in [-0.25, -0.2) is 0 Å². The molecule has 1 aliphatic rings. The molecule has 3 nitrogen and oxygen atoms in total. The number of benzene rings is 1. The van der Waals surface area contributed by atoms with Crippen LogP contribution in [0.2, 0.25) is 5.02 Å². The van der Waals surface area contributed by atoms with Gasteiger partial charge in [0.1, 0.15) is 5.75 Å². The van der Waals surface area contributed by atoms with E-state index in [1.54, 1.807) is 13.2 Å². The smallest absolute Gasteiger partial charge is 0.142 e. The first-order valence-corrected chi connectivity index (χ1v) is 6.31. The van der Waals surface area contributed by atoms with Crippen molar-refractivity contribution in [3.8, 4) is 5.75 Å². The van der Waals surface area contributed by atoms with Crippen molar-refractivity contribution in [1.82, 2.24) is 0 Å². The van der Waals surface area contributed by atoms with Gasteiger partial charge in [0.15, 0.2) is 0 Å². The van der Waals surface area contributed by atoms with Crippen LogP contribution >= 0.6 is 11.6 Å². The third kappa shape index (κ3) is 3.05. The molecular formula is C13H18ClNO2. The van der Waals surface area contributed by atoms with E-state index in [9.17, 15) is 5.11 Å². The van der Waals surface area contributed by atoms with Gasteiger partial charge in [-0.05, 0) is 31.0 Å². The maximum atomic E-state index is 10.2. The van der Waals surface area contributed by atoms with E-state index in [-0.39, 0.29) is 0 Å². The highest BCUT2D eigenvalue weighted by Crippen LogP contribution is 2.32. The van der Waals surface area contributed by atoms with Crippen molar-refractivity contribution in [3.05, 3.63) is 23.2 Å². The van der Waals surface area contributed by atoms with E-state index in [1.807, 2.05) is 12.1 Å². The molecule has 1 aromatic rings. The van der Waals surface area contributed by atoms with Crippen LogP contribution in [0, 0.1) is 0 Å². The van der Waals surface area contributed by atoms with Gasteiger partial charge in [-0.2, -0.15) is 0 Å². The van der Waals surface area contributed by atoms with Gasteiger partial charge in [0.2, 0.25) is 0 Å². The van der Waals surface area contributed by atoms with Gasteiger partial charge < -0.3 is 15.2 Å². The highest BCUT2D eigenvalue weighted by molar-refractivity contribution is 6.30. The van der Waals surface area contributed by atoms with Gasteiger partial charge in [0.25, 0.3) is 0 Å². The standard InChI is InChI=1S/C13H18ClNO2/c1-17-12-5-4-10(14)8-11(12)15-9-13(16)6-2-3-7-13/h4-5,8,15-16H,2-3,6-7,9H2,1H3. The SMILES string of the molecule is COc1ccc(Cl)cc1NCC1(O)CCCC1. The summed E-state index contributed by atoms with van der Waals surface area (Å²) in [7, 11) is 1.62. The molecule has 0 saturated heterocycles. The molecule has 0 aliphatic heterocycles. The summed E-state index contributed by atoms with van der Waals surface area (Å²) in [5, 5.41) is 14.1. The van der Waals surface area contributed by atoms with Gasteiger partial charge in [-0.1, -0.05) is 24.4 Å². The molecule has 1 aromatic carbocycles. The number of anilines is 1. The lowest BCUT2D eigenvalue weighted by molar-refractivity contribution is 0.0614. The number of hydrogen-bond acceptors (Lipinski definition) is 3. The van der Waals surface area contributed by atoms with Gasteiger partial charge in [-0.15, -0.1) is 0 Å². The van der Waals surface area contributed by atoms with E-state index >= 15 is 0 Å². The molecule has 1 saturated carbocycles. The third-order valence-electron chi connectivity index (χ3n) is 3.30. The van der Waals surface area contributed by atoms with Crippen LogP contribution in [0.25, 0.3) is 0 Å². The fraction of sp³-hybridized carbons (Fsp3) is 0.538. The number of rotatable bonds is 4. The van der Waals surface area contributed by atoms with Crippen molar-refractivity contribution >= 4 is 17.3 Å². The average molecular weight is 256 g/mol. The lowest BCUT2D eigenvalue weighted by Gasteiger charge is -2.23. The minimum atomic E-state index is -0.576. The summed E-state index contributed by atoms with van der Waals surface area (Å²) >= 11 is 5.95. The van der Waals surface area contributed by atoms with Crippen LogP contribution in [0.5, 0.6) is 5.75 Å². The highest BCUT2D eigenvalue weighted by Gasteiger charge is 2.30. The van der Waals surface area contributed by atoms with Crippen molar-refractivity contribution in [2.75, 3.05) is 19.0 Å². The average Bonchev–Trinajstić information content (AvgIpc) is 2.74. The summed E-state index contributed by atoms with van der Waals surface area (Å²) < 4.78 is 5.25. The van der Waals surface area contributed by atoms with Crippen LogP contribution < -0.4 is 10.1 Å². The zero-order chi connectivity index (χ0) is 12.3. The summed E-state index contributed by atoms with van der Waals surface area (Å²) in [5.41, 5.74) is 0.258. The molecule has 4 heteroatoms. The molecule has 0 amide bonds. The van der Waals surface area contributed by atoms with E-state index in [0.717, 1.165) is 37.1 Å². The maximum absolute atomic E-state index is 10.2. The van der Waals surface area contributed by atoms with Gasteiger partial charge >= 0.3 is 0 Å². The molecule has 17 heavy (non-hydrogen) atoms. The predicted molar refractivity (Wildman–Crippen MR) is 69.9 cm³/mol. The Hall–Kier alpha value is -0.930. The van der Waals surface area contributed by atoms with Gasteiger partial charge in [0.05, 0.1) is 18.4 Å². The molecule has 2 rings (SSSR count). The quantitative estimate of drug-likeness (QED) is 0.869. The molecule has 0 atom stereocenters. The first-order chi connectivity index (χ1) is 8.13. The Kier molecular flexibility index (Phi) is 3.79. The van der Waals surface area contributed by atoms with Crippen LogP contribution in [0.4, 0.5) is 5.69 Å². The Balaban J connectivity index is 2.05. The van der Waals surface area contributed by atoms with E-state index in [0.29, 0.717) is 11.6 Å². The lowest BCUT2D eigenvalue weighted by Crippen LogP contribution is -2.33. The zero-order valence-electron chi connectivity index (χ0n) is 10.0. The van der Waals surface area contributed by atoms with Crippen LogP contribution in [-0.2, 0) is 0 Å². The van der Waals surface area contributed by atoms with E-state index in [1.165, 1.54) is 0 Å². The van der Waals surface area contributed by atoms with Crippen molar-refractivity contribution in [1.29, 1.82) is 0 Å². The number of ether oxygens (including phenoxy) is 1. The predicted octanol–water partition coefficient (Wildman–Crippen LogP) is 3.07. The van der Waals surface area contributed by atoms with Gasteiger partial charge in [-0.3, -0.25) is 0 Å². The molecule has 0 heterocycles. The highest BCUT2D eigenvalue weighted by atomic mass is 35.5. The molecule has 0 aromatic heterocycles. The first kappa shape index (κ1) is 12.5. The Morgan fingerprint density at radius 1 is 1.41 bits per heavy atom. The normalized spacial score (nSPS) is 18.1. The fourth-order valence-electron chi connectivity index (χ4n) is 2.29. The molecule has 94 valence electrons. The van der Waals surface area contributed by atoms with Crippen LogP contribution in [0.1, 0.15) is 25.7 Å². The molecule has 1 aliphatic carbocycles. The second-order valence-electron chi connectivity index (χ2n) is 4.63. The summed E-state index contributed by atoms with van der Waals surface area (Å²) in [4.78, 5) is 0. The van der Waals surface area contributed by atoms with E-state index in [2.05, 4.69) is 5.32 Å². The molecule has 0 spiro atoms. The number of nitrogens with one attached hydrogen (secondary N) is 1. The summed E-state index contributed by atoms with van der Waals surface area (Å²) in [5.74, 6) is 0.746. The second kappa shape index (κ2) is 5.15. The number of aliphatic hydroxyl groups is 1. The topological polar surface area (TPSA) is 41.5 Å². The Morgan fingerprint density at radius 2 is 2.12 bits per heavy atom. The number of halogens is 1. The minimum Gasteiger partial charge on any atom is -0.495 e. The molecule has 0 unspecified atom stereocenters. The zero-order valence-corrected chi connectivity index (χ0v) is 10.8. The first-order valence-electron chi connectivity index (χ1n) is 5.93. The second-order valence-corrected chi connectivity index (χ2v) is 5.07. The summed E-state index contributed by atoms with van der Waals surface area (Å²) in [6, 6.07) is 5.43. The maximum Gasteiger partial charge on any atom is 0.142 e. The monoisotopic (exact) mass is 255 g/mol. The fourth-order valence-corrected chi connectivity index (χ4v) is 2.46. The van der Waals surface area contributed by atoms with Crippen molar-refractivity contribution in [2.24, 2.45) is 0 Å². The minimum absolute atomic E-state index is 0.545. The molecule has 1 fully saturated rings. The number of hydrogen-bond donors (Lipinski definition) is 2. The van der Waals surface area contributed by atoms with Crippen molar-refractivity contribution in [3.63, 3.8) is 0 Å². The van der Waals surface area contributed by atoms with E-state index in [4.69, 9.17) is 16.3 Å². The Morgan fingerprint density at radius 3 is 2.76 bits per heavy atom. The Labute approximate surface area is 107 Å². The summed E-state index contributed by atoms with van der Waals surface area (Å²) in [6.45, 7) is 0.545. The van der Waals surface area contributed by atoms with Crippen LogP contribution in [-0.4, -0.2) is 24.4 Å². The third-order valence-corrected chi connectivity index (χ3v) is 3.54. The number of methoxy groups -OCH3 is 1. The molecule has 2 N–H and O–H groups in total. The molecule has 0 bridgehead atoms. The molecule has 0 radical (unpaired) electrons. The van der Waals surface area contributed by atoms with Crippen molar-refractivity contribution in [2.45, 2.75) is 31.3 Å². The van der Waals surface area contributed by atoms with Crippen LogP contribution in [0.15, 0.2) is 18.2 Å². The Bertz CT molecular complexity index is 389. The lowest BCUT2D eigenvalue weighted by atomic mass is 10.0.